The van der Waals surface area contributed by atoms with Gasteiger partial charge in [-0.15, -0.1) is 0 Å². The molecule has 2 aliphatic rings. The van der Waals surface area contributed by atoms with Crippen LogP contribution < -0.4 is 5.73 Å². The summed E-state index contributed by atoms with van der Waals surface area (Å²) >= 11 is 0. The zero-order chi connectivity index (χ0) is 20.1. The number of rotatable bonds is 4. The van der Waals surface area contributed by atoms with Crippen molar-refractivity contribution in [2.45, 2.75) is 27.2 Å². The number of nitrogens with two attached hydrogens (primary N) is 1. The molecule has 1 aromatic heterocycles. The van der Waals surface area contributed by atoms with E-state index in [0.29, 0.717) is 30.1 Å². The second-order valence-electron chi connectivity index (χ2n) is 7.52. The number of benzene rings is 1. The Balaban J connectivity index is 1.90. The Hall–Kier alpha value is -2.73. The molecule has 2 N–H and O–H groups in total. The number of aromatic nitrogens is 1. The molecule has 0 amide bonds. The van der Waals surface area contributed by atoms with Crippen molar-refractivity contribution in [3.8, 4) is 0 Å². The number of hydrogen-bond donors (Lipinski definition) is 1. The van der Waals surface area contributed by atoms with E-state index in [1.165, 1.54) is 10.7 Å². The van der Waals surface area contributed by atoms with Crippen LogP contribution in [0.25, 0.3) is 17.7 Å². The van der Waals surface area contributed by atoms with Crippen LogP contribution in [0.2, 0.25) is 0 Å². The summed E-state index contributed by atoms with van der Waals surface area (Å²) in [5, 5.41) is 0. The van der Waals surface area contributed by atoms with E-state index in [1.807, 2.05) is 51.1 Å². The Morgan fingerprint density at radius 2 is 1.82 bits per heavy atom. The van der Waals surface area contributed by atoms with Crippen LogP contribution in [0.3, 0.4) is 0 Å². The highest BCUT2D eigenvalue weighted by Gasteiger charge is 2.52. The first kappa shape index (κ1) is 18.6. The van der Waals surface area contributed by atoms with E-state index >= 15 is 8.63 Å². The average Bonchev–Trinajstić information content (AvgIpc) is 3.25. The van der Waals surface area contributed by atoms with E-state index in [9.17, 15) is 0 Å². The molecule has 0 fully saturated rings. The Bertz CT molecular complexity index is 1070. The summed E-state index contributed by atoms with van der Waals surface area (Å²) in [5.41, 5.74) is 12.5. The van der Waals surface area contributed by atoms with Crippen LogP contribution in [0, 0.1) is 20.8 Å². The van der Waals surface area contributed by atoms with Gasteiger partial charge < -0.3 is 23.3 Å². The lowest BCUT2D eigenvalue weighted by molar-refractivity contribution is -0.356. The summed E-state index contributed by atoms with van der Waals surface area (Å²) in [4.78, 5) is 0. The molecule has 144 valence electrons. The highest BCUT2D eigenvalue weighted by Crippen LogP contribution is 2.40. The van der Waals surface area contributed by atoms with Crippen molar-refractivity contribution in [2.24, 2.45) is 5.73 Å². The molecule has 0 aliphatic carbocycles. The molecule has 28 heavy (non-hydrogen) atoms. The van der Waals surface area contributed by atoms with Gasteiger partial charge in [0.05, 0.1) is 0 Å². The Morgan fingerprint density at radius 3 is 2.50 bits per heavy atom. The van der Waals surface area contributed by atoms with Gasteiger partial charge in [-0.05, 0) is 68.1 Å². The zero-order valence-electron chi connectivity index (χ0n) is 16.4. The molecule has 0 saturated carbocycles. The number of nitrogens with zero attached hydrogens (tertiary/aromatic N) is 2. The SMILES string of the molecule is Cc1cccc(C)c1/C=C/c1cc(C)c2n1[B-](F)(F)[N+]1=CC=CC1=C2CCN. The number of aryl methyl sites for hydroxylation is 3. The fraction of sp³-hybridized carbons (Fsp3) is 0.227. The summed E-state index contributed by atoms with van der Waals surface area (Å²) in [6.07, 6.45) is 9.19. The lowest BCUT2D eigenvalue weighted by Gasteiger charge is -2.32. The second kappa shape index (κ2) is 6.71. The van der Waals surface area contributed by atoms with Gasteiger partial charge in [0, 0.05) is 29.1 Å². The van der Waals surface area contributed by atoms with Crippen LogP contribution >= 0.6 is 0 Å². The van der Waals surface area contributed by atoms with Crippen molar-refractivity contribution in [3.63, 3.8) is 0 Å². The van der Waals surface area contributed by atoms with Gasteiger partial charge in [-0.1, -0.05) is 24.3 Å². The van der Waals surface area contributed by atoms with E-state index in [-0.39, 0.29) is 0 Å². The molecule has 3 heterocycles. The van der Waals surface area contributed by atoms with Gasteiger partial charge in [-0.2, -0.15) is 0 Å². The minimum atomic E-state index is -3.96. The summed E-state index contributed by atoms with van der Waals surface area (Å²) in [6.45, 7) is 2.41. The van der Waals surface area contributed by atoms with Crippen molar-refractivity contribution in [2.75, 3.05) is 6.54 Å². The highest BCUT2D eigenvalue weighted by molar-refractivity contribution is 6.58. The molecular weight excluding hydrogens is 355 g/mol. The maximum absolute atomic E-state index is 15.5. The third kappa shape index (κ3) is 2.71. The second-order valence-corrected chi connectivity index (χ2v) is 7.52. The maximum Gasteiger partial charge on any atom is 0.737 e. The molecule has 3 nitrogen and oxygen atoms in total. The lowest BCUT2D eigenvalue weighted by atomic mass is 9.86. The van der Waals surface area contributed by atoms with Gasteiger partial charge in [0.25, 0.3) is 0 Å². The van der Waals surface area contributed by atoms with Gasteiger partial charge >= 0.3 is 6.97 Å². The summed E-state index contributed by atoms with van der Waals surface area (Å²) in [5.74, 6) is 0. The van der Waals surface area contributed by atoms with Crippen LogP contribution in [0.1, 0.15) is 40.1 Å². The predicted molar refractivity (Wildman–Crippen MR) is 113 cm³/mol. The lowest BCUT2D eigenvalue weighted by Crippen LogP contribution is -2.50. The first-order valence-corrected chi connectivity index (χ1v) is 9.58. The molecule has 1 aromatic carbocycles. The molecule has 4 rings (SSSR count). The predicted octanol–water partition coefficient (Wildman–Crippen LogP) is 4.53. The molecule has 0 radical (unpaired) electrons. The first-order valence-electron chi connectivity index (χ1n) is 9.58. The Morgan fingerprint density at radius 1 is 1.11 bits per heavy atom. The van der Waals surface area contributed by atoms with E-state index in [1.54, 1.807) is 18.2 Å². The quantitative estimate of drug-likeness (QED) is 0.778. The van der Waals surface area contributed by atoms with Crippen LogP contribution in [-0.2, 0) is 0 Å². The molecular formula is C22H24BF2N3. The van der Waals surface area contributed by atoms with E-state index < -0.39 is 6.97 Å². The van der Waals surface area contributed by atoms with E-state index in [0.717, 1.165) is 32.3 Å². The minimum absolute atomic E-state index is 0.414. The molecule has 6 heteroatoms. The van der Waals surface area contributed by atoms with Crippen molar-refractivity contribution in [3.05, 3.63) is 75.8 Å². The summed E-state index contributed by atoms with van der Waals surface area (Å²) < 4.78 is 33.3. The smallest absolute Gasteiger partial charge is 0.390 e. The number of halogens is 2. The van der Waals surface area contributed by atoms with Gasteiger partial charge in [0.2, 0.25) is 0 Å². The van der Waals surface area contributed by atoms with Gasteiger partial charge in [-0.25, -0.2) is 0 Å². The molecule has 0 atom stereocenters. The molecule has 0 spiro atoms. The van der Waals surface area contributed by atoms with Crippen LogP contribution in [0.4, 0.5) is 8.63 Å². The van der Waals surface area contributed by atoms with E-state index in [4.69, 9.17) is 5.73 Å². The van der Waals surface area contributed by atoms with Crippen molar-refractivity contribution in [1.82, 2.24) is 4.48 Å². The Kier molecular flexibility index (Phi) is 4.46. The van der Waals surface area contributed by atoms with Crippen LogP contribution in [0.5, 0.6) is 0 Å². The first-order chi connectivity index (χ1) is 13.4. The van der Waals surface area contributed by atoms with Gasteiger partial charge in [0.15, 0.2) is 5.70 Å². The minimum Gasteiger partial charge on any atom is -0.390 e. The van der Waals surface area contributed by atoms with Crippen LogP contribution in [-0.4, -0.2) is 28.7 Å². The molecule has 0 unspecified atom stereocenters. The standard InChI is InChI=1S/C22H24BF2N3/c1-15-6-4-7-16(2)19(15)10-9-18-14-17(3)22-20(11-12-26)21-8-5-13-27(21)23(24,25)28(18)22/h4-10,13-14H,11-12,26H2,1-3H3/b10-9+. The number of fused-ring (bicyclic) bond motifs is 2. The third-order valence-corrected chi connectivity index (χ3v) is 5.63. The fourth-order valence-electron chi connectivity index (χ4n) is 4.34. The summed E-state index contributed by atoms with van der Waals surface area (Å²) in [6, 6.07) is 7.91. The zero-order valence-corrected chi connectivity index (χ0v) is 16.4. The van der Waals surface area contributed by atoms with Crippen molar-refractivity contribution < 1.29 is 13.1 Å². The van der Waals surface area contributed by atoms with Crippen LogP contribution in [0.15, 0.2) is 42.1 Å². The highest BCUT2D eigenvalue weighted by atomic mass is 19.2. The normalized spacial score (nSPS) is 17.3. The monoisotopic (exact) mass is 379 g/mol. The molecule has 2 aromatic rings. The number of hydrogen-bond acceptors (Lipinski definition) is 1. The maximum atomic E-state index is 15.5. The molecule has 2 aliphatic heterocycles. The largest absolute Gasteiger partial charge is 0.737 e. The Labute approximate surface area is 164 Å². The topological polar surface area (TPSA) is 34.0 Å². The van der Waals surface area contributed by atoms with E-state index in [2.05, 4.69) is 0 Å². The molecule has 0 bridgehead atoms. The third-order valence-electron chi connectivity index (χ3n) is 5.63. The van der Waals surface area contributed by atoms with Gasteiger partial charge in [-0.3, -0.25) is 0 Å². The van der Waals surface area contributed by atoms with Gasteiger partial charge in [0.1, 0.15) is 6.21 Å². The van der Waals surface area contributed by atoms with Crippen molar-refractivity contribution in [1.29, 1.82) is 0 Å². The summed E-state index contributed by atoms with van der Waals surface area (Å²) in [7, 11) is 0. The van der Waals surface area contributed by atoms with Crippen molar-refractivity contribution >= 4 is 30.9 Å². The average molecular weight is 379 g/mol. The molecule has 0 saturated heterocycles. The number of allylic oxidation sites excluding steroid dienone is 2. The fourth-order valence-corrected chi connectivity index (χ4v) is 4.34.